The van der Waals surface area contributed by atoms with E-state index >= 15 is 0 Å². The predicted octanol–water partition coefficient (Wildman–Crippen LogP) is 4.49. The SMILES string of the molecule is CCc1ccccc1C(C#N)=C1CCCCC1. The van der Waals surface area contributed by atoms with Gasteiger partial charge in [0.25, 0.3) is 0 Å². The van der Waals surface area contributed by atoms with Gasteiger partial charge in [-0.2, -0.15) is 5.26 Å². The van der Waals surface area contributed by atoms with Gasteiger partial charge in [0.15, 0.2) is 0 Å². The molecular weight excluding hydrogens is 206 g/mol. The molecule has 17 heavy (non-hydrogen) atoms. The molecule has 0 amide bonds. The van der Waals surface area contributed by atoms with E-state index < -0.39 is 0 Å². The van der Waals surface area contributed by atoms with Crippen LogP contribution >= 0.6 is 0 Å². The first kappa shape index (κ1) is 11.9. The zero-order valence-corrected chi connectivity index (χ0v) is 10.5. The molecule has 0 unspecified atom stereocenters. The summed E-state index contributed by atoms with van der Waals surface area (Å²) in [5, 5.41) is 9.44. The molecule has 0 N–H and O–H groups in total. The number of hydrogen-bond donors (Lipinski definition) is 0. The minimum atomic E-state index is 0.946. The molecule has 0 spiro atoms. The molecule has 2 rings (SSSR count). The number of nitriles is 1. The Hall–Kier alpha value is -1.55. The number of allylic oxidation sites excluding steroid dienone is 2. The van der Waals surface area contributed by atoms with Crippen LogP contribution in [0.3, 0.4) is 0 Å². The fourth-order valence-corrected chi connectivity index (χ4v) is 2.63. The van der Waals surface area contributed by atoms with Crippen molar-refractivity contribution < 1.29 is 0 Å². The molecule has 88 valence electrons. The summed E-state index contributed by atoms with van der Waals surface area (Å²) in [5.74, 6) is 0. The maximum absolute atomic E-state index is 9.44. The first-order chi connectivity index (χ1) is 8.36. The molecule has 1 aromatic rings. The van der Waals surface area contributed by atoms with Gasteiger partial charge in [0.1, 0.15) is 0 Å². The number of benzene rings is 1. The first-order valence-corrected chi connectivity index (χ1v) is 6.57. The normalized spacial score (nSPS) is 15.4. The minimum absolute atomic E-state index is 0.946. The van der Waals surface area contributed by atoms with Crippen LogP contribution in [-0.2, 0) is 6.42 Å². The number of aryl methyl sites for hydroxylation is 1. The summed E-state index contributed by atoms with van der Waals surface area (Å²) in [6, 6.07) is 10.8. The molecule has 1 saturated carbocycles. The number of hydrogen-bond acceptors (Lipinski definition) is 1. The van der Waals surface area contributed by atoms with E-state index in [0.717, 1.165) is 30.4 Å². The van der Waals surface area contributed by atoms with Gasteiger partial charge in [0.05, 0.1) is 11.6 Å². The average Bonchev–Trinajstić information content (AvgIpc) is 2.41. The summed E-state index contributed by atoms with van der Waals surface area (Å²) in [6.07, 6.45) is 7.03. The van der Waals surface area contributed by atoms with E-state index in [-0.39, 0.29) is 0 Å². The second-order valence-corrected chi connectivity index (χ2v) is 4.66. The second-order valence-electron chi connectivity index (χ2n) is 4.66. The predicted molar refractivity (Wildman–Crippen MR) is 71.4 cm³/mol. The third-order valence-corrected chi connectivity index (χ3v) is 3.59. The highest BCUT2D eigenvalue weighted by Crippen LogP contribution is 2.31. The van der Waals surface area contributed by atoms with E-state index in [4.69, 9.17) is 0 Å². The lowest BCUT2D eigenvalue weighted by atomic mass is 9.87. The molecule has 1 aromatic carbocycles. The van der Waals surface area contributed by atoms with E-state index in [2.05, 4.69) is 31.2 Å². The van der Waals surface area contributed by atoms with Crippen LogP contribution in [0.4, 0.5) is 0 Å². The summed E-state index contributed by atoms with van der Waals surface area (Å²) < 4.78 is 0. The van der Waals surface area contributed by atoms with E-state index in [9.17, 15) is 5.26 Å². The topological polar surface area (TPSA) is 23.8 Å². The summed E-state index contributed by atoms with van der Waals surface area (Å²) in [6.45, 7) is 2.15. The van der Waals surface area contributed by atoms with Crippen molar-refractivity contribution in [3.05, 3.63) is 41.0 Å². The molecule has 0 aliphatic heterocycles. The van der Waals surface area contributed by atoms with Gasteiger partial charge in [0, 0.05) is 0 Å². The third-order valence-electron chi connectivity index (χ3n) is 3.59. The minimum Gasteiger partial charge on any atom is -0.192 e. The van der Waals surface area contributed by atoms with Crippen LogP contribution in [0.25, 0.3) is 5.57 Å². The van der Waals surface area contributed by atoms with Crippen molar-refractivity contribution in [2.24, 2.45) is 0 Å². The zero-order valence-electron chi connectivity index (χ0n) is 10.5. The summed E-state index contributed by atoms with van der Waals surface area (Å²) in [4.78, 5) is 0. The fourth-order valence-electron chi connectivity index (χ4n) is 2.63. The Kier molecular flexibility index (Phi) is 3.98. The van der Waals surface area contributed by atoms with Crippen molar-refractivity contribution in [3.8, 4) is 6.07 Å². The van der Waals surface area contributed by atoms with Crippen LogP contribution < -0.4 is 0 Å². The Balaban J connectivity index is 2.45. The van der Waals surface area contributed by atoms with Crippen molar-refractivity contribution in [3.63, 3.8) is 0 Å². The Morgan fingerprint density at radius 3 is 2.53 bits per heavy atom. The Bertz CT molecular complexity index is 455. The largest absolute Gasteiger partial charge is 0.192 e. The molecule has 0 heterocycles. The van der Waals surface area contributed by atoms with Crippen LogP contribution in [0, 0.1) is 11.3 Å². The zero-order chi connectivity index (χ0) is 12.1. The van der Waals surface area contributed by atoms with Crippen molar-refractivity contribution in [1.82, 2.24) is 0 Å². The molecule has 0 saturated heterocycles. The highest BCUT2D eigenvalue weighted by atomic mass is 14.3. The number of nitrogens with zero attached hydrogens (tertiary/aromatic N) is 1. The Morgan fingerprint density at radius 2 is 1.88 bits per heavy atom. The fraction of sp³-hybridized carbons (Fsp3) is 0.438. The van der Waals surface area contributed by atoms with Crippen LogP contribution in [-0.4, -0.2) is 0 Å². The molecule has 0 atom stereocenters. The monoisotopic (exact) mass is 225 g/mol. The van der Waals surface area contributed by atoms with Gasteiger partial charge in [-0.25, -0.2) is 0 Å². The molecule has 0 aromatic heterocycles. The van der Waals surface area contributed by atoms with Crippen LogP contribution in [0.1, 0.15) is 50.2 Å². The lowest BCUT2D eigenvalue weighted by Crippen LogP contribution is -1.99. The van der Waals surface area contributed by atoms with Gasteiger partial charge < -0.3 is 0 Å². The summed E-state index contributed by atoms with van der Waals surface area (Å²) in [5.41, 5.74) is 4.78. The molecule has 1 nitrogen and oxygen atoms in total. The van der Waals surface area contributed by atoms with Gasteiger partial charge in [-0.05, 0) is 43.2 Å². The van der Waals surface area contributed by atoms with Crippen molar-refractivity contribution in [2.75, 3.05) is 0 Å². The molecule has 0 radical (unpaired) electrons. The maximum atomic E-state index is 9.44. The lowest BCUT2D eigenvalue weighted by Gasteiger charge is -2.17. The van der Waals surface area contributed by atoms with Crippen LogP contribution in [0.2, 0.25) is 0 Å². The average molecular weight is 225 g/mol. The van der Waals surface area contributed by atoms with Crippen LogP contribution in [0.5, 0.6) is 0 Å². The molecular formula is C16H19N. The first-order valence-electron chi connectivity index (χ1n) is 6.57. The molecule has 0 bridgehead atoms. The van der Waals surface area contributed by atoms with Gasteiger partial charge in [-0.1, -0.05) is 43.2 Å². The Morgan fingerprint density at radius 1 is 1.18 bits per heavy atom. The van der Waals surface area contributed by atoms with Gasteiger partial charge >= 0.3 is 0 Å². The molecule has 1 aliphatic rings. The van der Waals surface area contributed by atoms with Crippen molar-refractivity contribution in [1.29, 1.82) is 5.26 Å². The Labute approximate surface area is 104 Å². The van der Waals surface area contributed by atoms with Gasteiger partial charge in [0.2, 0.25) is 0 Å². The third kappa shape index (κ3) is 2.58. The van der Waals surface area contributed by atoms with Gasteiger partial charge in [-0.3, -0.25) is 0 Å². The van der Waals surface area contributed by atoms with Crippen molar-refractivity contribution in [2.45, 2.75) is 45.4 Å². The standard InChI is InChI=1S/C16H19N/c1-2-13-8-6-7-11-15(13)16(12-17)14-9-4-3-5-10-14/h6-8,11H,2-5,9-10H2,1H3. The molecule has 1 aliphatic carbocycles. The van der Waals surface area contributed by atoms with E-state index in [0.29, 0.717) is 0 Å². The smallest absolute Gasteiger partial charge is 0.0997 e. The molecule has 1 fully saturated rings. The summed E-state index contributed by atoms with van der Waals surface area (Å²) >= 11 is 0. The van der Waals surface area contributed by atoms with E-state index in [1.54, 1.807) is 0 Å². The highest BCUT2D eigenvalue weighted by molar-refractivity contribution is 5.81. The molecule has 1 heteroatoms. The van der Waals surface area contributed by atoms with Crippen molar-refractivity contribution >= 4 is 5.57 Å². The van der Waals surface area contributed by atoms with E-state index in [1.165, 1.54) is 30.4 Å². The maximum Gasteiger partial charge on any atom is 0.0997 e. The second kappa shape index (κ2) is 5.68. The quantitative estimate of drug-likeness (QED) is 0.680. The van der Waals surface area contributed by atoms with Gasteiger partial charge in [-0.15, -0.1) is 0 Å². The van der Waals surface area contributed by atoms with Crippen LogP contribution in [0.15, 0.2) is 29.8 Å². The lowest BCUT2D eigenvalue weighted by molar-refractivity contribution is 0.601. The van der Waals surface area contributed by atoms with E-state index in [1.807, 2.05) is 6.07 Å². The number of rotatable bonds is 2. The summed E-state index contributed by atoms with van der Waals surface area (Å²) in [7, 11) is 0. The highest BCUT2D eigenvalue weighted by Gasteiger charge is 2.14.